The van der Waals surface area contributed by atoms with Crippen molar-refractivity contribution in [1.29, 1.82) is 0 Å². The molecule has 2 aromatic rings. The van der Waals surface area contributed by atoms with Crippen LogP contribution in [0.4, 0.5) is 0 Å². The number of benzene rings is 2. The molecule has 0 fully saturated rings. The van der Waals surface area contributed by atoms with E-state index in [-0.39, 0.29) is 12.1 Å². The number of nitrogens with zero attached hydrogens (tertiary/aromatic N) is 1. The Morgan fingerprint density at radius 3 is 2.41 bits per heavy atom. The average Bonchev–Trinajstić information content (AvgIpc) is 3.10. The van der Waals surface area contributed by atoms with Gasteiger partial charge >= 0.3 is 0 Å². The lowest BCUT2D eigenvalue weighted by Crippen LogP contribution is -2.37. The summed E-state index contributed by atoms with van der Waals surface area (Å²) in [5, 5.41) is 7.09. The highest BCUT2D eigenvalue weighted by atomic mass is 35.5. The van der Waals surface area contributed by atoms with Crippen molar-refractivity contribution in [2.75, 3.05) is 0 Å². The molecule has 4 rings (SSSR count). The molecular formula is C24H24ClN3O. The third-order valence-corrected chi connectivity index (χ3v) is 5.49. The second-order valence-corrected chi connectivity index (χ2v) is 7.73. The Balaban J connectivity index is 1.43. The van der Waals surface area contributed by atoms with Crippen LogP contribution in [0, 0.1) is 6.92 Å². The van der Waals surface area contributed by atoms with Crippen LogP contribution in [-0.4, -0.2) is 17.0 Å². The lowest BCUT2D eigenvalue weighted by Gasteiger charge is -2.25. The molecule has 0 saturated carbocycles. The second kappa shape index (κ2) is 8.18. The zero-order valence-corrected chi connectivity index (χ0v) is 17.3. The molecule has 0 aliphatic carbocycles. The lowest BCUT2D eigenvalue weighted by molar-refractivity contribution is -0.118. The fourth-order valence-electron chi connectivity index (χ4n) is 3.61. The summed E-state index contributed by atoms with van der Waals surface area (Å²) in [7, 11) is 0. The molecule has 0 saturated heterocycles. The van der Waals surface area contributed by atoms with E-state index in [1.807, 2.05) is 24.1 Å². The fraction of sp³-hybridized carbons (Fsp3) is 0.208. The number of carbonyl (C=O) groups excluding carboxylic acids is 1. The van der Waals surface area contributed by atoms with Gasteiger partial charge in [-0.05, 0) is 42.2 Å². The topological polar surface area (TPSA) is 44.4 Å². The van der Waals surface area contributed by atoms with Gasteiger partial charge in [0, 0.05) is 23.5 Å². The summed E-state index contributed by atoms with van der Waals surface area (Å²) in [6.07, 6.45) is 6.21. The quantitative estimate of drug-likeness (QED) is 0.752. The predicted molar refractivity (Wildman–Crippen MR) is 118 cm³/mol. The number of hydrogen-bond acceptors (Lipinski definition) is 3. The Kier molecular flexibility index (Phi) is 5.45. The maximum Gasteiger partial charge on any atom is 0.270 e. The Morgan fingerprint density at radius 2 is 1.76 bits per heavy atom. The van der Waals surface area contributed by atoms with Crippen molar-refractivity contribution in [1.82, 2.24) is 15.5 Å². The molecule has 5 heteroatoms. The van der Waals surface area contributed by atoms with Crippen molar-refractivity contribution < 1.29 is 4.79 Å². The van der Waals surface area contributed by atoms with E-state index in [1.165, 1.54) is 16.7 Å². The SMILES string of the molecule is CCC1=C(C(=O)NCc2ccc(-c3ccc(C)cc3)cc2)N2C=CC(Cl)=CC2N1. The molecule has 0 radical (unpaired) electrons. The van der Waals surface area contributed by atoms with Gasteiger partial charge in [0.1, 0.15) is 11.9 Å². The van der Waals surface area contributed by atoms with Crippen molar-refractivity contribution >= 4 is 17.5 Å². The van der Waals surface area contributed by atoms with E-state index in [0.29, 0.717) is 17.3 Å². The molecule has 4 nitrogen and oxygen atoms in total. The summed E-state index contributed by atoms with van der Waals surface area (Å²) in [5.41, 5.74) is 6.25. The number of carbonyl (C=O) groups is 1. The van der Waals surface area contributed by atoms with Crippen molar-refractivity contribution in [3.63, 3.8) is 0 Å². The van der Waals surface area contributed by atoms with Gasteiger partial charge in [0.05, 0.1) is 0 Å². The van der Waals surface area contributed by atoms with Crippen LogP contribution in [0.5, 0.6) is 0 Å². The molecule has 0 aromatic heterocycles. The van der Waals surface area contributed by atoms with Gasteiger partial charge in [-0.15, -0.1) is 0 Å². The molecule has 148 valence electrons. The zero-order chi connectivity index (χ0) is 20.4. The molecular weight excluding hydrogens is 382 g/mol. The van der Waals surface area contributed by atoms with Crippen molar-refractivity contribution in [2.24, 2.45) is 0 Å². The minimum absolute atomic E-state index is 0.0875. The molecule has 2 heterocycles. The second-order valence-electron chi connectivity index (χ2n) is 7.29. The molecule has 2 aliphatic heterocycles. The largest absolute Gasteiger partial charge is 0.363 e. The van der Waals surface area contributed by atoms with Crippen LogP contribution in [-0.2, 0) is 11.3 Å². The first-order chi connectivity index (χ1) is 14.0. The highest BCUT2D eigenvalue weighted by molar-refractivity contribution is 6.31. The van der Waals surface area contributed by atoms with E-state index in [9.17, 15) is 4.79 Å². The van der Waals surface area contributed by atoms with Gasteiger partial charge in [-0.25, -0.2) is 0 Å². The number of allylic oxidation sites excluding steroid dienone is 3. The first kappa shape index (κ1) is 19.3. The molecule has 29 heavy (non-hydrogen) atoms. The van der Waals surface area contributed by atoms with Crippen LogP contribution >= 0.6 is 11.6 Å². The summed E-state index contributed by atoms with van der Waals surface area (Å²) in [6, 6.07) is 16.8. The van der Waals surface area contributed by atoms with E-state index in [4.69, 9.17) is 11.6 Å². The van der Waals surface area contributed by atoms with E-state index in [1.54, 1.807) is 6.08 Å². The van der Waals surface area contributed by atoms with Crippen molar-refractivity contribution in [3.05, 3.63) is 94.4 Å². The summed E-state index contributed by atoms with van der Waals surface area (Å²) < 4.78 is 0. The van der Waals surface area contributed by atoms with Gasteiger partial charge in [0.15, 0.2) is 0 Å². The Hall–Kier alpha value is -2.98. The third kappa shape index (κ3) is 4.08. The van der Waals surface area contributed by atoms with Gasteiger partial charge in [0.2, 0.25) is 0 Å². The van der Waals surface area contributed by atoms with Gasteiger partial charge < -0.3 is 15.5 Å². The van der Waals surface area contributed by atoms with Gasteiger partial charge in [0.25, 0.3) is 5.91 Å². The standard InChI is InChI=1S/C24H24ClN3O/c1-3-21-23(28-13-12-20(25)14-22(28)27-21)24(29)26-15-17-6-10-19(11-7-17)18-8-4-16(2)5-9-18/h4-14,22,27H,3,15H2,1-2H3,(H,26,29). The number of fused-ring (bicyclic) bond motifs is 1. The van der Waals surface area contributed by atoms with Crippen LogP contribution in [0.25, 0.3) is 11.1 Å². The molecule has 1 unspecified atom stereocenters. The normalized spacial score (nSPS) is 17.7. The van der Waals surface area contributed by atoms with Crippen molar-refractivity contribution in [2.45, 2.75) is 33.0 Å². The van der Waals surface area contributed by atoms with Crippen LogP contribution in [0.3, 0.4) is 0 Å². The summed E-state index contributed by atoms with van der Waals surface area (Å²) in [5.74, 6) is -0.0875. The number of rotatable bonds is 5. The number of halogens is 1. The maximum atomic E-state index is 12.9. The van der Waals surface area contributed by atoms with Crippen LogP contribution in [0.2, 0.25) is 0 Å². The molecule has 1 amide bonds. The molecule has 1 atom stereocenters. The smallest absolute Gasteiger partial charge is 0.270 e. The molecule has 2 N–H and O–H groups in total. The van der Waals surface area contributed by atoms with Gasteiger partial charge in [-0.3, -0.25) is 4.79 Å². The maximum absolute atomic E-state index is 12.9. The molecule has 2 aromatic carbocycles. The van der Waals surface area contributed by atoms with E-state index >= 15 is 0 Å². The summed E-state index contributed by atoms with van der Waals surface area (Å²) in [6.45, 7) is 4.60. The van der Waals surface area contributed by atoms with Gasteiger partial charge in [-0.1, -0.05) is 72.6 Å². The predicted octanol–water partition coefficient (Wildman–Crippen LogP) is 4.78. The van der Waals surface area contributed by atoms with Crippen LogP contribution in [0.1, 0.15) is 24.5 Å². The molecule has 0 spiro atoms. The Bertz CT molecular complexity index is 1000. The zero-order valence-electron chi connectivity index (χ0n) is 16.6. The summed E-state index contributed by atoms with van der Waals surface area (Å²) >= 11 is 6.10. The molecule has 2 aliphatic rings. The number of amides is 1. The van der Waals surface area contributed by atoms with Gasteiger partial charge in [-0.2, -0.15) is 0 Å². The van der Waals surface area contributed by atoms with Crippen LogP contribution < -0.4 is 10.6 Å². The first-order valence-electron chi connectivity index (χ1n) is 9.83. The van der Waals surface area contributed by atoms with Crippen molar-refractivity contribution in [3.8, 4) is 11.1 Å². The number of nitrogens with one attached hydrogen (secondary N) is 2. The first-order valence-corrected chi connectivity index (χ1v) is 10.2. The minimum Gasteiger partial charge on any atom is -0.363 e. The highest BCUT2D eigenvalue weighted by Gasteiger charge is 2.33. The fourth-order valence-corrected chi connectivity index (χ4v) is 3.79. The highest BCUT2D eigenvalue weighted by Crippen LogP contribution is 2.28. The summed E-state index contributed by atoms with van der Waals surface area (Å²) in [4.78, 5) is 14.8. The van der Waals surface area contributed by atoms with E-state index < -0.39 is 0 Å². The monoisotopic (exact) mass is 405 g/mol. The minimum atomic E-state index is -0.100. The van der Waals surface area contributed by atoms with E-state index in [2.05, 4.69) is 66.1 Å². The number of hydrogen-bond donors (Lipinski definition) is 2. The van der Waals surface area contributed by atoms with Crippen LogP contribution in [0.15, 0.2) is 83.3 Å². The lowest BCUT2D eigenvalue weighted by atomic mass is 10.0. The average molecular weight is 406 g/mol. The Morgan fingerprint density at radius 1 is 1.10 bits per heavy atom. The molecule has 0 bridgehead atoms. The van der Waals surface area contributed by atoms with E-state index in [0.717, 1.165) is 17.7 Å². The Labute approximate surface area is 176 Å². The number of aryl methyl sites for hydroxylation is 1. The third-order valence-electron chi connectivity index (χ3n) is 5.24.